The van der Waals surface area contributed by atoms with E-state index >= 15 is 0 Å². The van der Waals surface area contributed by atoms with E-state index in [2.05, 4.69) is 279 Å². The lowest BCUT2D eigenvalue weighted by Gasteiger charge is -2.42. The van der Waals surface area contributed by atoms with Crippen LogP contribution in [0.1, 0.15) is 97.4 Å². The van der Waals surface area contributed by atoms with Crippen molar-refractivity contribution in [3.8, 4) is 57.2 Å². The Morgan fingerprint density at radius 1 is 0.351 bits per heavy atom. The summed E-state index contributed by atoms with van der Waals surface area (Å²) in [6.45, 7) is 28.8. The zero-order valence-electron chi connectivity index (χ0n) is 52.5. The predicted octanol–water partition coefficient (Wildman–Crippen LogP) is 22.1. The molecule has 0 atom stereocenters. The summed E-state index contributed by atoms with van der Waals surface area (Å²) in [6, 6.07) is 87.7. The molecule has 12 aromatic rings. The molecule has 3 aliphatic rings. The van der Waals surface area contributed by atoms with Crippen LogP contribution in [-0.2, 0) is 22.7 Å². The maximum Gasteiger partial charge on any atom is 0.307 e. The van der Waals surface area contributed by atoms with Crippen LogP contribution in [0.5, 0.6) is 0 Å². The Bertz CT molecular complexity index is 4690. The first kappa shape index (κ1) is 61.7. The van der Waals surface area contributed by atoms with Gasteiger partial charge in [0, 0.05) is 58.8 Å². The van der Waals surface area contributed by atoms with Crippen molar-refractivity contribution in [2.24, 2.45) is 0 Å². The van der Waals surface area contributed by atoms with Crippen LogP contribution in [0.25, 0.3) is 54.7 Å². The molecule has 0 amide bonds. The summed E-state index contributed by atoms with van der Waals surface area (Å²) >= 11 is 6.81. The standard InChI is InChI=1S/C48H36N6.C18H8Br2N4.C16H16/c1-47(2)35-14-6-10-18-40(35)53(41-19-11-7-15-36(41)47)33-26-22-31(23-27-33)44-45(52-46(50-5)39(30-49)51-44)32-24-28-34(29-25-32)54-42-20-12-8-16-37(42)48(3,4)38-17-9-13-21-43(38)54;1-22-18-15(10-21)23-16(11-2-6-13(19)7-3-11)17(24-18)12-4-8-14(20)9-5-12;1-16(2)14-9-5-3-7-12(14)11-13-8-4-6-10-15(13)16/h6-29H,1-4H3;2-9H;3-10H,11H2,1-2H3. The van der Waals surface area contributed by atoms with Crippen LogP contribution < -0.4 is 9.80 Å². The van der Waals surface area contributed by atoms with Crippen LogP contribution in [0.4, 0.5) is 45.8 Å². The highest BCUT2D eigenvalue weighted by molar-refractivity contribution is 9.10. The van der Waals surface area contributed by atoms with Crippen molar-refractivity contribution in [1.29, 1.82) is 10.5 Å². The van der Waals surface area contributed by atoms with Crippen molar-refractivity contribution in [2.75, 3.05) is 9.80 Å². The minimum atomic E-state index is -0.153. The number of halogens is 2. The first-order chi connectivity index (χ1) is 45.5. The van der Waals surface area contributed by atoms with Crippen molar-refractivity contribution >= 4 is 77.6 Å². The van der Waals surface area contributed by atoms with Gasteiger partial charge in [-0.2, -0.15) is 10.5 Å². The molecule has 0 spiro atoms. The van der Waals surface area contributed by atoms with E-state index in [1.165, 1.54) is 44.5 Å². The van der Waals surface area contributed by atoms with E-state index in [1.54, 1.807) is 0 Å². The Kier molecular flexibility index (Phi) is 16.5. The zero-order chi connectivity index (χ0) is 65.5. The van der Waals surface area contributed by atoms with E-state index in [0.717, 1.165) is 71.7 Å². The highest BCUT2D eigenvalue weighted by Crippen LogP contribution is 2.54. The molecule has 0 radical (unpaired) electrons. The summed E-state index contributed by atoms with van der Waals surface area (Å²) in [5.74, 6) is -0.00140. The number of benzene rings is 10. The van der Waals surface area contributed by atoms with Gasteiger partial charge >= 0.3 is 11.6 Å². The Labute approximate surface area is 565 Å². The van der Waals surface area contributed by atoms with Gasteiger partial charge in [-0.1, -0.05) is 232 Å². The first-order valence-electron chi connectivity index (χ1n) is 30.8. The molecule has 10 aromatic carbocycles. The maximum atomic E-state index is 9.99. The fraction of sp³-hybridized carbons (Fsp3) is 0.122. The average molecular weight is 1350 g/mol. The zero-order valence-corrected chi connectivity index (χ0v) is 55.7. The summed E-state index contributed by atoms with van der Waals surface area (Å²) in [5.41, 5.74) is 23.0. The minimum Gasteiger partial charge on any atom is -0.358 e. The minimum absolute atomic E-state index is 0.00899. The van der Waals surface area contributed by atoms with Crippen LogP contribution in [0, 0.1) is 35.8 Å². The average Bonchev–Trinajstić information content (AvgIpc) is 0.743. The van der Waals surface area contributed by atoms with Gasteiger partial charge in [-0.15, -0.1) is 9.97 Å². The van der Waals surface area contributed by atoms with E-state index in [-0.39, 0.29) is 39.3 Å². The molecule has 0 fully saturated rings. The molecule has 2 aromatic heterocycles. The quantitative estimate of drug-likeness (QED) is 0.151. The SMILES string of the molecule is CC1(C)c2ccccc2Cc2ccccc21.[C-]#[N+]c1nc(-c2ccc(Br)cc2)c(-c2ccc(Br)cc2)nc1C#N.[C-]#[N+]c1nc(-c2ccc(N3c4ccccc4C(C)(C)c4ccccc43)cc2)c(-c2ccc(N3c4ccccc4C(C)(C)c4ccccc43)cc2)nc1C#N. The summed E-state index contributed by atoms with van der Waals surface area (Å²) in [6.07, 6.45) is 1.08. The van der Waals surface area contributed by atoms with Gasteiger partial charge in [0.05, 0.1) is 22.7 Å². The van der Waals surface area contributed by atoms with Gasteiger partial charge in [0.15, 0.2) is 22.8 Å². The van der Waals surface area contributed by atoms with Crippen molar-refractivity contribution in [1.82, 2.24) is 19.9 Å². The second-order valence-electron chi connectivity index (χ2n) is 24.8. The molecule has 10 nitrogen and oxygen atoms in total. The third kappa shape index (κ3) is 11.2. The van der Waals surface area contributed by atoms with Gasteiger partial charge in [0.2, 0.25) is 0 Å². The smallest absolute Gasteiger partial charge is 0.307 e. The number of aromatic nitrogens is 4. The lowest BCUT2D eigenvalue weighted by atomic mass is 9.69. The molecule has 4 heterocycles. The summed E-state index contributed by atoms with van der Waals surface area (Å²) in [5, 5.41) is 19.2. The summed E-state index contributed by atoms with van der Waals surface area (Å²) < 4.78 is 1.89. The molecule has 12 heteroatoms. The highest BCUT2D eigenvalue weighted by Gasteiger charge is 2.39. The molecular weight excluding hydrogens is 1280 g/mol. The number of hydrogen-bond acceptors (Lipinski definition) is 8. The van der Waals surface area contributed by atoms with E-state index in [9.17, 15) is 10.5 Å². The number of para-hydroxylation sites is 4. The fourth-order valence-electron chi connectivity index (χ4n) is 13.5. The van der Waals surface area contributed by atoms with Gasteiger partial charge in [-0.3, -0.25) is 0 Å². The van der Waals surface area contributed by atoms with Gasteiger partial charge in [0.25, 0.3) is 0 Å². The Hall–Kier alpha value is -11.1. The number of nitriles is 2. The molecular formula is C82H60Br2N10. The molecule has 0 unspecified atom stereocenters. The van der Waals surface area contributed by atoms with Crippen molar-refractivity contribution in [3.05, 3.63) is 330 Å². The number of anilines is 6. The van der Waals surface area contributed by atoms with Crippen molar-refractivity contribution in [2.45, 2.75) is 64.2 Å². The summed E-state index contributed by atoms with van der Waals surface area (Å²) in [4.78, 5) is 29.9. The molecule has 2 aliphatic heterocycles. The molecule has 15 rings (SSSR count). The lowest BCUT2D eigenvalue weighted by Crippen LogP contribution is -2.30. The monoisotopic (exact) mass is 1340 g/mol. The van der Waals surface area contributed by atoms with E-state index in [1.807, 2.05) is 78.9 Å². The normalized spacial score (nSPS) is 13.7. The van der Waals surface area contributed by atoms with Crippen LogP contribution in [0.3, 0.4) is 0 Å². The highest BCUT2D eigenvalue weighted by atomic mass is 79.9. The predicted molar refractivity (Wildman–Crippen MR) is 385 cm³/mol. The number of nitrogens with zero attached hydrogens (tertiary/aromatic N) is 10. The van der Waals surface area contributed by atoms with Crippen molar-refractivity contribution in [3.63, 3.8) is 0 Å². The van der Waals surface area contributed by atoms with Gasteiger partial charge in [0.1, 0.15) is 23.5 Å². The second kappa shape index (κ2) is 25.2. The van der Waals surface area contributed by atoms with Gasteiger partial charge in [-0.05, 0) is 148 Å². The molecule has 0 saturated heterocycles. The van der Waals surface area contributed by atoms with E-state index in [0.29, 0.717) is 22.8 Å². The molecule has 94 heavy (non-hydrogen) atoms. The number of rotatable bonds is 6. The van der Waals surface area contributed by atoms with Crippen LogP contribution in [-0.4, -0.2) is 19.9 Å². The Morgan fingerprint density at radius 3 is 0.904 bits per heavy atom. The third-order valence-electron chi connectivity index (χ3n) is 18.2. The topological polar surface area (TPSA) is 114 Å². The van der Waals surface area contributed by atoms with E-state index < -0.39 is 0 Å². The third-order valence-corrected chi connectivity index (χ3v) is 19.3. The van der Waals surface area contributed by atoms with Crippen LogP contribution >= 0.6 is 31.9 Å². The maximum absolute atomic E-state index is 9.99. The van der Waals surface area contributed by atoms with Crippen molar-refractivity contribution < 1.29 is 0 Å². The summed E-state index contributed by atoms with van der Waals surface area (Å²) in [7, 11) is 0. The van der Waals surface area contributed by atoms with Gasteiger partial charge in [-0.25, -0.2) is 9.97 Å². The Balaban J connectivity index is 0.000000163. The lowest BCUT2D eigenvalue weighted by molar-refractivity contribution is 0.610. The van der Waals surface area contributed by atoms with Crippen LogP contribution in [0.15, 0.2) is 252 Å². The van der Waals surface area contributed by atoms with E-state index in [4.69, 9.17) is 23.1 Å². The molecule has 0 bridgehead atoms. The Morgan fingerprint density at radius 2 is 0.606 bits per heavy atom. The first-order valence-corrected chi connectivity index (χ1v) is 32.4. The van der Waals surface area contributed by atoms with Gasteiger partial charge < -0.3 is 19.5 Å². The molecule has 1 aliphatic carbocycles. The largest absolute Gasteiger partial charge is 0.358 e. The van der Waals surface area contributed by atoms with Crippen LogP contribution in [0.2, 0.25) is 0 Å². The molecule has 452 valence electrons. The number of fused-ring (bicyclic) bond motifs is 6. The second-order valence-corrected chi connectivity index (χ2v) is 26.7. The number of hydrogen-bond donors (Lipinski definition) is 0. The molecule has 0 N–H and O–H groups in total. The fourth-order valence-corrected chi connectivity index (χ4v) is 14.1. The molecule has 0 saturated carbocycles.